The van der Waals surface area contributed by atoms with E-state index >= 15 is 0 Å². The van der Waals surface area contributed by atoms with Crippen molar-refractivity contribution in [3.05, 3.63) is 46.6 Å². The third kappa shape index (κ3) is 5.05. The summed E-state index contributed by atoms with van der Waals surface area (Å²) in [7, 11) is -3.84. The monoisotopic (exact) mass is 459 g/mol. The van der Waals surface area contributed by atoms with Crippen LogP contribution in [0.1, 0.15) is 40.9 Å². The van der Waals surface area contributed by atoms with Gasteiger partial charge in [-0.3, -0.25) is 9.52 Å². The standard InChI is InChI=1S/C23H33N5O3S/c1-6-27(7-2)23(29)20-14-19(15-25-22(20)28-10-8-24-9-11-28)26-32(30,31)21-17(4)12-16(3)13-18(21)5/h12-15,24,26H,6-11H2,1-5H3. The fourth-order valence-electron chi connectivity index (χ4n) is 4.28. The molecule has 1 saturated heterocycles. The van der Waals surface area contributed by atoms with Crippen LogP contribution in [0.5, 0.6) is 0 Å². The summed E-state index contributed by atoms with van der Waals surface area (Å²) >= 11 is 0. The first-order valence-electron chi connectivity index (χ1n) is 11.0. The second-order valence-electron chi connectivity index (χ2n) is 8.14. The number of pyridine rings is 1. The molecule has 0 saturated carbocycles. The topological polar surface area (TPSA) is 94.6 Å². The molecule has 2 aromatic rings. The summed E-state index contributed by atoms with van der Waals surface area (Å²) in [6, 6.07) is 5.31. The van der Waals surface area contributed by atoms with E-state index in [-0.39, 0.29) is 16.5 Å². The molecule has 0 spiro atoms. The second-order valence-corrected chi connectivity index (χ2v) is 9.76. The number of rotatable bonds is 7. The maximum absolute atomic E-state index is 13.3. The summed E-state index contributed by atoms with van der Waals surface area (Å²) in [5.41, 5.74) is 3.06. The van der Waals surface area contributed by atoms with Crippen LogP contribution in [0.4, 0.5) is 11.5 Å². The number of sulfonamides is 1. The molecule has 1 aromatic heterocycles. The summed E-state index contributed by atoms with van der Waals surface area (Å²) in [6.45, 7) is 13.6. The Morgan fingerprint density at radius 1 is 1.09 bits per heavy atom. The molecule has 1 aromatic carbocycles. The molecule has 1 fully saturated rings. The predicted molar refractivity (Wildman–Crippen MR) is 128 cm³/mol. The number of aromatic nitrogens is 1. The highest BCUT2D eigenvalue weighted by Gasteiger charge is 2.25. The number of anilines is 2. The van der Waals surface area contributed by atoms with Crippen LogP contribution >= 0.6 is 0 Å². The zero-order valence-corrected chi connectivity index (χ0v) is 20.3. The number of nitrogens with one attached hydrogen (secondary N) is 2. The summed E-state index contributed by atoms with van der Waals surface area (Å²) < 4.78 is 29.1. The third-order valence-electron chi connectivity index (χ3n) is 5.69. The van der Waals surface area contributed by atoms with Crippen molar-refractivity contribution in [2.45, 2.75) is 39.5 Å². The lowest BCUT2D eigenvalue weighted by molar-refractivity contribution is 0.0773. The molecule has 0 bridgehead atoms. The van der Waals surface area contributed by atoms with Crippen LogP contribution in [-0.2, 0) is 10.0 Å². The van der Waals surface area contributed by atoms with Crippen LogP contribution in [0.2, 0.25) is 0 Å². The summed E-state index contributed by atoms with van der Waals surface area (Å²) in [6.07, 6.45) is 1.49. The first-order valence-corrected chi connectivity index (χ1v) is 12.5. The summed E-state index contributed by atoms with van der Waals surface area (Å²) in [5, 5.41) is 3.30. The number of benzene rings is 1. The van der Waals surface area contributed by atoms with Crippen LogP contribution in [0.3, 0.4) is 0 Å². The lowest BCUT2D eigenvalue weighted by atomic mass is 10.1. The maximum Gasteiger partial charge on any atom is 0.262 e. The van der Waals surface area contributed by atoms with Gasteiger partial charge >= 0.3 is 0 Å². The second kappa shape index (κ2) is 9.87. The van der Waals surface area contributed by atoms with E-state index in [1.807, 2.05) is 32.9 Å². The van der Waals surface area contributed by atoms with Crippen molar-refractivity contribution in [3.63, 3.8) is 0 Å². The first kappa shape index (κ1) is 24.0. The van der Waals surface area contributed by atoms with Gasteiger partial charge in [0.25, 0.3) is 15.9 Å². The van der Waals surface area contributed by atoms with E-state index in [0.717, 1.165) is 31.7 Å². The van der Waals surface area contributed by atoms with Crippen molar-refractivity contribution < 1.29 is 13.2 Å². The Morgan fingerprint density at radius 3 is 2.25 bits per heavy atom. The minimum Gasteiger partial charge on any atom is -0.353 e. The Morgan fingerprint density at radius 2 is 1.69 bits per heavy atom. The Balaban J connectivity index is 2.02. The van der Waals surface area contributed by atoms with Gasteiger partial charge in [-0.25, -0.2) is 13.4 Å². The van der Waals surface area contributed by atoms with E-state index in [1.165, 1.54) is 6.20 Å². The average molecular weight is 460 g/mol. The first-order chi connectivity index (χ1) is 15.2. The number of nitrogens with zero attached hydrogens (tertiary/aromatic N) is 3. The summed E-state index contributed by atoms with van der Waals surface area (Å²) in [4.78, 5) is 21.8. The fourth-order valence-corrected chi connectivity index (χ4v) is 5.77. The van der Waals surface area contributed by atoms with E-state index in [0.29, 0.717) is 35.6 Å². The van der Waals surface area contributed by atoms with Crippen LogP contribution in [0.25, 0.3) is 0 Å². The Hall–Kier alpha value is -2.65. The number of piperazine rings is 1. The van der Waals surface area contributed by atoms with Crippen molar-refractivity contribution in [1.29, 1.82) is 0 Å². The lowest BCUT2D eigenvalue weighted by Crippen LogP contribution is -2.45. The fraction of sp³-hybridized carbons (Fsp3) is 0.478. The number of amides is 1. The number of hydrogen-bond acceptors (Lipinski definition) is 6. The van der Waals surface area contributed by atoms with Crippen molar-refractivity contribution in [1.82, 2.24) is 15.2 Å². The van der Waals surface area contributed by atoms with Gasteiger partial charge in [-0.05, 0) is 51.8 Å². The van der Waals surface area contributed by atoms with Gasteiger partial charge in [-0.15, -0.1) is 0 Å². The lowest BCUT2D eigenvalue weighted by Gasteiger charge is -2.31. The van der Waals surface area contributed by atoms with Gasteiger partial charge in [0.1, 0.15) is 5.82 Å². The van der Waals surface area contributed by atoms with E-state index in [9.17, 15) is 13.2 Å². The molecule has 0 atom stereocenters. The van der Waals surface area contributed by atoms with Crippen LogP contribution in [0, 0.1) is 20.8 Å². The zero-order valence-electron chi connectivity index (χ0n) is 19.5. The molecule has 1 aliphatic rings. The van der Waals surface area contributed by atoms with Gasteiger partial charge in [-0.2, -0.15) is 0 Å². The molecular formula is C23H33N5O3S. The number of aryl methyl sites for hydroxylation is 3. The minimum absolute atomic E-state index is 0.153. The molecule has 8 nitrogen and oxygen atoms in total. The smallest absolute Gasteiger partial charge is 0.262 e. The van der Waals surface area contributed by atoms with E-state index in [1.54, 1.807) is 24.8 Å². The van der Waals surface area contributed by atoms with E-state index < -0.39 is 10.0 Å². The molecular weight excluding hydrogens is 426 g/mol. The third-order valence-corrected chi connectivity index (χ3v) is 7.38. The molecule has 0 aliphatic carbocycles. The van der Waals surface area contributed by atoms with Crippen LogP contribution in [0.15, 0.2) is 29.3 Å². The molecule has 32 heavy (non-hydrogen) atoms. The highest BCUT2D eigenvalue weighted by molar-refractivity contribution is 7.92. The molecule has 1 amide bonds. The van der Waals surface area contributed by atoms with Gasteiger partial charge in [0.15, 0.2) is 0 Å². The number of carbonyl (C=O) groups is 1. The number of carbonyl (C=O) groups excluding carboxylic acids is 1. The molecule has 2 heterocycles. The summed E-state index contributed by atoms with van der Waals surface area (Å²) in [5.74, 6) is 0.439. The largest absolute Gasteiger partial charge is 0.353 e. The van der Waals surface area contributed by atoms with Gasteiger partial charge in [0, 0.05) is 39.3 Å². The van der Waals surface area contributed by atoms with Crippen LogP contribution < -0.4 is 14.9 Å². The van der Waals surface area contributed by atoms with Crippen molar-refractivity contribution in [3.8, 4) is 0 Å². The van der Waals surface area contributed by atoms with Crippen LogP contribution in [-0.4, -0.2) is 63.5 Å². The molecule has 1 aliphatic heterocycles. The maximum atomic E-state index is 13.3. The zero-order chi connectivity index (χ0) is 23.5. The Labute approximate surface area is 191 Å². The molecule has 174 valence electrons. The average Bonchev–Trinajstić information content (AvgIpc) is 2.73. The normalized spacial score (nSPS) is 14.3. The number of hydrogen-bond donors (Lipinski definition) is 2. The predicted octanol–water partition coefficient (Wildman–Crippen LogP) is 2.70. The van der Waals surface area contributed by atoms with E-state index in [2.05, 4.69) is 19.9 Å². The minimum atomic E-state index is -3.84. The van der Waals surface area contributed by atoms with Gasteiger partial charge in [0.05, 0.1) is 22.3 Å². The molecule has 9 heteroatoms. The van der Waals surface area contributed by atoms with Gasteiger partial charge in [-0.1, -0.05) is 17.7 Å². The highest BCUT2D eigenvalue weighted by atomic mass is 32.2. The van der Waals surface area contributed by atoms with Crippen molar-refractivity contribution in [2.75, 3.05) is 48.9 Å². The highest BCUT2D eigenvalue weighted by Crippen LogP contribution is 2.27. The Bertz CT molecular complexity index is 1070. The molecule has 0 unspecified atom stereocenters. The van der Waals surface area contributed by atoms with E-state index in [4.69, 9.17) is 0 Å². The Kier molecular flexibility index (Phi) is 7.40. The molecule has 0 radical (unpaired) electrons. The SMILES string of the molecule is CCN(CC)C(=O)c1cc(NS(=O)(=O)c2c(C)cc(C)cc2C)cnc1N1CCNCC1. The quantitative estimate of drug-likeness (QED) is 0.661. The van der Waals surface area contributed by atoms with Gasteiger partial charge < -0.3 is 15.1 Å². The molecule has 3 rings (SSSR count). The van der Waals surface area contributed by atoms with Crippen molar-refractivity contribution >= 4 is 27.4 Å². The van der Waals surface area contributed by atoms with Gasteiger partial charge in [0.2, 0.25) is 0 Å². The van der Waals surface area contributed by atoms with Crippen molar-refractivity contribution in [2.24, 2.45) is 0 Å². The molecule has 2 N–H and O–H groups in total.